The van der Waals surface area contributed by atoms with Crippen LogP contribution in [-0.4, -0.2) is 38.6 Å². The van der Waals surface area contributed by atoms with Gasteiger partial charge in [-0.1, -0.05) is 23.2 Å². The molecule has 3 aromatic rings. The maximum Gasteiger partial charge on any atom is 0.274 e. The van der Waals surface area contributed by atoms with Gasteiger partial charge >= 0.3 is 0 Å². The highest BCUT2D eigenvalue weighted by atomic mass is 79.9. The van der Waals surface area contributed by atoms with Crippen molar-refractivity contribution in [1.29, 1.82) is 0 Å². The van der Waals surface area contributed by atoms with Crippen molar-refractivity contribution in [2.45, 2.75) is 0 Å². The number of nitrogens with zero attached hydrogens (tertiary/aromatic N) is 4. The van der Waals surface area contributed by atoms with Gasteiger partial charge < -0.3 is 10.6 Å². The summed E-state index contributed by atoms with van der Waals surface area (Å²) in [6.07, 6.45) is 4.16. The largest absolute Gasteiger partial charge is 0.355 e. The van der Waals surface area contributed by atoms with Crippen LogP contribution in [0, 0.1) is 0 Å². The van der Waals surface area contributed by atoms with Crippen LogP contribution in [0.5, 0.6) is 0 Å². The number of aromatic nitrogens is 4. The summed E-state index contributed by atoms with van der Waals surface area (Å²) in [5, 5.41) is 9.73. The van der Waals surface area contributed by atoms with Crippen LogP contribution >= 0.6 is 39.1 Å². The van der Waals surface area contributed by atoms with Crippen molar-refractivity contribution < 1.29 is 9.59 Å². The molecule has 11 heteroatoms. The van der Waals surface area contributed by atoms with Gasteiger partial charge in [0.05, 0.1) is 21.3 Å². The van der Waals surface area contributed by atoms with Gasteiger partial charge in [-0.2, -0.15) is 5.10 Å². The number of carbonyl (C=O) groups excluding carboxylic acids is 2. The van der Waals surface area contributed by atoms with E-state index in [4.69, 9.17) is 23.2 Å². The fourth-order valence-electron chi connectivity index (χ4n) is 2.26. The Morgan fingerprint density at radius 3 is 2.67 bits per heavy atom. The normalized spacial score (nSPS) is 10.5. The lowest BCUT2D eigenvalue weighted by atomic mass is 10.2. The topological polar surface area (TPSA) is 102 Å². The Bertz CT molecular complexity index is 1040. The fraction of sp³-hybridized carbons (Fsp3) is 0.0625. The molecule has 0 saturated carbocycles. The molecular weight excluding hydrogens is 459 g/mol. The first-order valence-corrected chi connectivity index (χ1v) is 9.00. The summed E-state index contributed by atoms with van der Waals surface area (Å²) in [5.74, 6) is -0.724. The van der Waals surface area contributed by atoms with E-state index in [1.165, 1.54) is 36.4 Å². The predicted molar refractivity (Wildman–Crippen MR) is 105 cm³/mol. The molecule has 0 aliphatic carbocycles. The third kappa shape index (κ3) is 3.95. The van der Waals surface area contributed by atoms with Gasteiger partial charge in [0.1, 0.15) is 10.3 Å². The van der Waals surface area contributed by atoms with Gasteiger partial charge in [-0.05, 0) is 28.1 Å². The zero-order chi connectivity index (χ0) is 19.6. The summed E-state index contributed by atoms with van der Waals surface area (Å²) in [6.45, 7) is 0. The Balaban J connectivity index is 2.03. The Kier molecular flexibility index (Phi) is 5.73. The number of amides is 2. The van der Waals surface area contributed by atoms with E-state index < -0.39 is 11.8 Å². The number of hydrogen-bond acceptors (Lipinski definition) is 5. The highest BCUT2D eigenvalue weighted by molar-refractivity contribution is 9.10. The third-order valence-electron chi connectivity index (χ3n) is 3.46. The number of nitrogens with one attached hydrogen (secondary N) is 2. The minimum Gasteiger partial charge on any atom is -0.355 e. The number of hydrogen-bond donors (Lipinski definition) is 2. The summed E-state index contributed by atoms with van der Waals surface area (Å²) in [5.41, 5.74) is 0.393. The first-order chi connectivity index (χ1) is 12.9. The van der Waals surface area contributed by atoms with E-state index in [0.717, 1.165) is 0 Å². The quantitative estimate of drug-likeness (QED) is 0.610. The molecule has 0 spiro atoms. The summed E-state index contributed by atoms with van der Waals surface area (Å²) >= 11 is 15.5. The zero-order valence-corrected chi connectivity index (χ0v) is 16.8. The molecule has 0 atom stereocenters. The van der Waals surface area contributed by atoms with E-state index in [-0.39, 0.29) is 27.8 Å². The molecule has 0 unspecified atom stereocenters. The van der Waals surface area contributed by atoms with Crippen LogP contribution in [0.2, 0.25) is 10.0 Å². The van der Waals surface area contributed by atoms with Gasteiger partial charge in [0.25, 0.3) is 11.8 Å². The van der Waals surface area contributed by atoms with Gasteiger partial charge in [-0.15, -0.1) is 0 Å². The van der Waals surface area contributed by atoms with E-state index in [1.54, 1.807) is 12.1 Å². The Morgan fingerprint density at radius 1 is 1.19 bits per heavy atom. The first kappa shape index (κ1) is 19.3. The van der Waals surface area contributed by atoms with Crippen molar-refractivity contribution in [3.8, 4) is 5.82 Å². The van der Waals surface area contributed by atoms with Gasteiger partial charge in [0, 0.05) is 31.7 Å². The van der Waals surface area contributed by atoms with Gasteiger partial charge in [-0.25, -0.2) is 9.67 Å². The molecule has 138 valence electrons. The molecule has 0 aliphatic rings. The third-order valence-corrected chi connectivity index (χ3v) is 4.43. The average Bonchev–Trinajstić information content (AvgIpc) is 3.04. The van der Waals surface area contributed by atoms with Crippen molar-refractivity contribution in [3.05, 3.63) is 62.7 Å². The number of rotatable bonds is 4. The van der Waals surface area contributed by atoms with Crippen molar-refractivity contribution in [2.75, 3.05) is 12.4 Å². The minimum absolute atomic E-state index is 0.116. The first-order valence-electron chi connectivity index (χ1n) is 7.45. The van der Waals surface area contributed by atoms with E-state index in [2.05, 4.69) is 41.6 Å². The van der Waals surface area contributed by atoms with Crippen LogP contribution in [0.15, 0.2) is 41.4 Å². The number of halogens is 3. The van der Waals surface area contributed by atoms with Crippen LogP contribution < -0.4 is 10.6 Å². The number of anilines is 1. The van der Waals surface area contributed by atoms with Crippen LogP contribution in [0.3, 0.4) is 0 Å². The lowest BCUT2D eigenvalue weighted by Crippen LogP contribution is -2.23. The second-order valence-corrected chi connectivity index (χ2v) is 6.78. The summed E-state index contributed by atoms with van der Waals surface area (Å²) in [7, 11) is 1.46. The van der Waals surface area contributed by atoms with E-state index in [9.17, 15) is 9.59 Å². The van der Waals surface area contributed by atoms with Crippen molar-refractivity contribution in [1.82, 2.24) is 25.1 Å². The van der Waals surface area contributed by atoms with Gasteiger partial charge in [0.2, 0.25) is 0 Å². The maximum atomic E-state index is 12.9. The number of pyridine rings is 2. The summed E-state index contributed by atoms with van der Waals surface area (Å²) in [4.78, 5) is 32.9. The standard InChI is InChI=1S/C16H11BrCl2N6O2/c1-20-15(26)8-6-21-7-10(19)13(8)23-16(27)11-5-12(17)24-25(11)14-9(18)3-2-4-22-14/h2-7H,1H3,(H,20,26)(H,21,23,27). The molecule has 27 heavy (non-hydrogen) atoms. The van der Waals surface area contributed by atoms with Crippen molar-refractivity contribution >= 4 is 56.6 Å². The van der Waals surface area contributed by atoms with Crippen LogP contribution in [-0.2, 0) is 0 Å². The minimum atomic E-state index is -0.562. The highest BCUT2D eigenvalue weighted by Crippen LogP contribution is 2.27. The summed E-state index contributed by atoms with van der Waals surface area (Å²) < 4.78 is 1.69. The van der Waals surface area contributed by atoms with Crippen LogP contribution in [0.25, 0.3) is 5.82 Å². The summed E-state index contributed by atoms with van der Waals surface area (Å²) in [6, 6.07) is 4.79. The molecule has 0 radical (unpaired) electrons. The molecule has 8 nitrogen and oxygen atoms in total. The van der Waals surface area contributed by atoms with E-state index in [0.29, 0.717) is 9.63 Å². The Hall–Kier alpha value is -2.49. The molecule has 0 bridgehead atoms. The second kappa shape index (κ2) is 8.03. The van der Waals surface area contributed by atoms with Crippen molar-refractivity contribution in [3.63, 3.8) is 0 Å². The predicted octanol–water partition coefficient (Wildman–Crippen LogP) is 3.34. The van der Waals surface area contributed by atoms with Crippen molar-refractivity contribution in [2.24, 2.45) is 0 Å². The highest BCUT2D eigenvalue weighted by Gasteiger charge is 2.22. The molecule has 0 fully saturated rings. The second-order valence-electron chi connectivity index (χ2n) is 5.15. The molecule has 0 aromatic carbocycles. The number of carbonyl (C=O) groups is 2. The monoisotopic (exact) mass is 468 g/mol. The molecule has 2 N–H and O–H groups in total. The molecule has 0 saturated heterocycles. The SMILES string of the molecule is CNC(=O)c1cncc(Cl)c1NC(=O)c1cc(Br)nn1-c1ncccc1Cl. The molecule has 3 heterocycles. The molecule has 0 aliphatic heterocycles. The molecule has 3 rings (SSSR count). The van der Waals surface area contributed by atoms with E-state index in [1.807, 2.05) is 0 Å². The van der Waals surface area contributed by atoms with Gasteiger partial charge in [0.15, 0.2) is 5.82 Å². The van der Waals surface area contributed by atoms with E-state index >= 15 is 0 Å². The van der Waals surface area contributed by atoms with Crippen LogP contribution in [0.4, 0.5) is 5.69 Å². The molecule has 3 aromatic heterocycles. The lowest BCUT2D eigenvalue weighted by Gasteiger charge is -2.12. The Labute approximate surface area is 172 Å². The van der Waals surface area contributed by atoms with Gasteiger partial charge in [-0.3, -0.25) is 14.6 Å². The van der Waals surface area contributed by atoms with Crippen LogP contribution in [0.1, 0.15) is 20.8 Å². The molecule has 2 amide bonds. The lowest BCUT2D eigenvalue weighted by molar-refractivity contribution is 0.0963. The Morgan fingerprint density at radius 2 is 1.96 bits per heavy atom. The fourth-order valence-corrected chi connectivity index (χ4v) is 3.04. The molecular formula is C16H11BrCl2N6O2. The average molecular weight is 470 g/mol. The smallest absolute Gasteiger partial charge is 0.274 e. The zero-order valence-electron chi connectivity index (χ0n) is 13.7. The maximum absolute atomic E-state index is 12.9.